The smallest absolute Gasteiger partial charge is 0.416 e. The first-order valence-electron chi connectivity index (χ1n) is 12.9. The molecule has 0 aliphatic carbocycles. The van der Waals surface area contributed by atoms with Crippen LogP contribution in [0.4, 0.5) is 47.3 Å². The number of rotatable bonds is 7. The van der Waals surface area contributed by atoms with E-state index in [1.807, 2.05) is 0 Å². The first-order valence-corrected chi connectivity index (χ1v) is 12.9. The lowest BCUT2D eigenvalue weighted by Gasteiger charge is -2.38. The quantitative estimate of drug-likeness (QED) is 0.164. The minimum Gasteiger partial charge on any atom is -0.497 e. The maximum Gasteiger partial charge on any atom is 0.416 e. The number of benzene rings is 3. The van der Waals surface area contributed by atoms with Crippen molar-refractivity contribution < 1.29 is 50.6 Å². The molecule has 2 N–H and O–H groups in total. The number of nitrogens with zero attached hydrogens (tertiary/aromatic N) is 3. The molecule has 0 bridgehead atoms. The van der Waals surface area contributed by atoms with E-state index in [0.29, 0.717) is 29.2 Å². The van der Waals surface area contributed by atoms with Crippen LogP contribution in [0.5, 0.6) is 11.5 Å². The molecule has 1 aliphatic rings. The second-order valence-corrected chi connectivity index (χ2v) is 10.4. The number of methoxy groups -OCH3 is 2. The van der Waals surface area contributed by atoms with Gasteiger partial charge in [-0.15, -0.1) is 0 Å². The molecule has 15 heteroatoms. The van der Waals surface area contributed by atoms with E-state index < -0.39 is 47.2 Å². The van der Waals surface area contributed by atoms with Gasteiger partial charge in [0.15, 0.2) is 6.17 Å². The molecule has 44 heavy (non-hydrogen) atoms. The van der Waals surface area contributed by atoms with Gasteiger partial charge in [0.2, 0.25) is 0 Å². The van der Waals surface area contributed by atoms with Crippen LogP contribution in [0.3, 0.4) is 0 Å². The van der Waals surface area contributed by atoms with Gasteiger partial charge in [-0.1, -0.05) is 12.1 Å². The second kappa shape index (κ2) is 11.8. The Morgan fingerprint density at radius 2 is 1.45 bits per heavy atom. The van der Waals surface area contributed by atoms with Crippen LogP contribution >= 0.6 is 0 Å². The highest BCUT2D eigenvalue weighted by Crippen LogP contribution is 2.41. The monoisotopic (exact) mass is 626 g/mol. The van der Waals surface area contributed by atoms with Gasteiger partial charge in [0.1, 0.15) is 11.5 Å². The molecule has 9 nitrogen and oxygen atoms in total. The Labute approximate surface area is 248 Å². The molecule has 3 aromatic rings. The molecule has 1 heterocycles. The van der Waals surface area contributed by atoms with Gasteiger partial charge in [0.25, 0.3) is 0 Å². The van der Waals surface area contributed by atoms with Gasteiger partial charge in [0, 0.05) is 24.0 Å². The van der Waals surface area contributed by atoms with E-state index in [9.17, 15) is 41.1 Å². The lowest BCUT2D eigenvalue weighted by atomic mass is 9.98. The minimum atomic E-state index is -4.78. The molecule has 0 unspecified atom stereocenters. The summed E-state index contributed by atoms with van der Waals surface area (Å²) in [6.07, 6.45) is -11.2. The van der Waals surface area contributed by atoms with Gasteiger partial charge in [-0.25, -0.2) is 9.59 Å². The summed E-state index contributed by atoms with van der Waals surface area (Å²) in [6, 6.07) is 9.96. The maximum absolute atomic E-state index is 14.0. The number of amides is 4. The number of hydrogen-bond donors (Lipinski definition) is 2. The lowest BCUT2D eigenvalue weighted by Crippen LogP contribution is -2.58. The standard InChI is InChI=1S/C29H28F6N4O5/c1-27(2)24(39(42)25(40)36-20-9-5-7-18(13-20)28(30,31)32)38(21-10-6-8-19(14-21)29(33,34)35)26(41)37(27)16-17-11-22(43-3)15-23(12-17)44-4/h5-15,24,42H,16H2,1-4H3,(H,36,40)/t24-/m1/s1. The topological polar surface area (TPSA) is 94.6 Å². The summed E-state index contributed by atoms with van der Waals surface area (Å²) >= 11 is 0. The van der Waals surface area contributed by atoms with Crippen LogP contribution < -0.4 is 19.7 Å². The van der Waals surface area contributed by atoms with Crippen LogP contribution in [0.25, 0.3) is 0 Å². The zero-order valence-corrected chi connectivity index (χ0v) is 23.8. The molecule has 1 atom stereocenters. The Kier molecular flexibility index (Phi) is 8.64. The second-order valence-electron chi connectivity index (χ2n) is 10.4. The summed E-state index contributed by atoms with van der Waals surface area (Å²) < 4.78 is 91.0. The number of nitrogens with one attached hydrogen (secondary N) is 1. The van der Waals surface area contributed by atoms with Crippen molar-refractivity contribution in [3.63, 3.8) is 0 Å². The molecule has 3 aromatic carbocycles. The number of hydroxylamine groups is 2. The molecule has 1 saturated heterocycles. The number of carbonyl (C=O) groups excluding carboxylic acids is 2. The Balaban J connectivity index is 1.76. The molecule has 4 rings (SSSR count). The average molecular weight is 627 g/mol. The van der Waals surface area contributed by atoms with Crippen LogP contribution in [0.15, 0.2) is 66.7 Å². The van der Waals surface area contributed by atoms with Crippen molar-refractivity contribution in [3.8, 4) is 11.5 Å². The molecular formula is C29H28F6N4O5. The van der Waals surface area contributed by atoms with Crippen molar-refractivity contribution in [3.05, 3.63) is 83.4 Å². The molecular weight excluding hydrogens is 598 g/mol. The Morgan fingerprint density at radius 1 is 0.909 bits per heavy atom. The van der Waals surface area contributed by atoms with Crippen molar-refractivity contribution in [2.45, 2.75) is 44.4 Å². The van der Waals surface area contributed by atoms with E-state index in [0.717, 1.165) is 35.2 Å². The average Bonchev–Trinajstić information content (AvgIpc) is 3.16. The van der Waals surface area contributed by atoms with Crippen molar-refractivity contribution >= 4 is 23.4 Å². The van der Waals surface area contributed by atoms with E-state index in [1.54, 1.807) is 18.2 Å². The van der Waals surface area contributed by atoms with Crippen LogP contribution in [-0.4, -0.2) is 53.2 Å². The van der Waals surface area contributed by atoms with E-state index in [1.165, 1.54) is 39.0 Å². The summed E-state index contributed by atoms with van der Waals surface area (Å²) in [5.74, 6) is 0.777. The van der Waals surface area contributed by atoms with Crippen molar-refractivity contribution in [2.75, 3.05) is 24.4 Å². The summed E-state index contributed by atoms with van der Waals surface area (Å²) in [6.45, 7) is 2.79. The molecule has 0 aromatic heterocycles. The largest absolute Gasteiger partial charge is 0.497 e. The number of urea groups is 2. The van der Waals surface area contributed by atoms with Crippen molar-refractivity contribution in [1.29, 1.82) is 0 Å². The van der Waals surface area contributed by atoms with Gasteiger partial charge in [-0.3, -0.25) is 10.1 Å². The Morgan fingerprint density at radius 3 is 2.00 bits per heavy atom. The Bertz CT molecular complexity index is 1520. The van der Waals surface area contributed by atoms with Gasteiger partial charge in [-0.2, -0.15) is 31.4 Å². The summed E-state index contributed by atoms with van der Waals surface area (Å²) in [7, 11) is 2.84. The number of carbonyl (C=O) groups is 2. The fourth-order valence-electron chi connectivity index (χ4n) is 4.91. The highest BCUT2D eigenvalue weighted by atomic mass is 19.4. The van der Waals surface area contributed by atoms with Crippen molar-refractivity contribution in [1.82, 2.24) is 9.96 Å². The fraction of sp³-hybridized carbons (Fsp3) is 0.310. The first kappa shape index (κ1) is 32.3. The maximum atomic E-state index is 14.0. The number of alkyl halides is 6. The molecule has 0 radical (unpaired) electrons. The SMILES string of the molecule is COc1cc(CN2C(=O)N(c3cccc(C(F)(F)F)c3)[C@H](N(O)C(=O)Nc3cccc(C(F)(F)F)c3)C2(C)C)cc(OC)c1. The third-order valence-electron chi connectivity index (χ3n) is 7.09. The van der Waals surface area contributed by atoms with E-state index in [-0.39, 0.29) is 23.0 Å². The van der Waals surface area contributed by atoms with E-state index >= 15 is 0 Å². The summed E-state index contributed by atoms with van der Waals surface area (Å²) in [4.78, 5) is 29.2. The van der Waals surface area contributed by atoms with Crippen LogP contribution in [0, 0.1) is 0 Å². The molecule has 4 amide bonds. The van der Waals surface area contributed by atoms with Crippen LogP contribution in [-0.2, 0) is 18.9 Å². The predicted octanol–water partition coefficient (Wildman–Crippen LogP) is 7.21. The predicted molar refractivity (Wildman–Crippen MR) is 146 cm³/mol. The molecule has 236 valence electrons. The van der Waals surface area contributed by atoms with E-state index in [4.69, 9.17) is 9.47 Å². The normalized spacial score (nSPS) is 16.6. The zero-order valence-electron chi connectivity index (χ0n) is 23.8. The van der Waals surface area contributed by atoms with Crippen LogP contribution in [0.2, 0.25) is 0 Å². The van der Waals surface area contributed by atoms with Crippen molar-refractivity contribution in [2.24, 2.45) is 0 Å². The lowest BCUT2D eigenvalue weighted by molar-refractivity contribution is -0.138. The highest BCUT2D eigenvalue weighted by Gasteiger charge is 2.56. The van der Waals surface area contributed by atoms with Gasteiger partial charge in [0.05, 0.1) is 30.9 Å². The van der Waals surface area contributed by atoms with Crippen LogP contribution in [0.1, 0.15) is 30.5 Å². The number of halogens is 6. The fourth-order valence-corrected chi connectivity index (χ4v) is 4.91. The molecule has 0 saturated carbocycles. The highest BCUT2D eigenvalue weighted by molar-refractivity contribution is 5.98. The van der Waals surface area contributed by atoms with Gasteiger partial charge in [-0.05, 0) is 67.9 Å². The number of hydrogen-bond acceptors (Lipinski definition) is 5. The Hall–Kier alpha value is -4.66. The van der Waals surface area contributed by atoms with Gasteiger partial charge < -0.3 is 19.7 Å². The zero-order chi connectivity index (χ0) is 32.6. The van der Waals surface area contributed by atoms with E-state index in [2.05, 4.69) is 5.32 Å². The summed E-state index contributed by atoms with van der Waals surface area (Å²) in [5.41, 5.74) is -3.78. The number of ether oxygens (including phenoxy) is 2. The molecule has 0 spiro atoms. The first-order chi connectivity index (χ1) is 20.5. The third kappa shape index (κ3) is 6.46. The molecule has 1 aliphatic heterocycles. The third-order valence-corrected chi connectivity index (χ3v) is 7.09. The summed E-state index contributed by atoms with van der Waals surface area (Å²) in [5, 5.41) is 13.4. The van der Waals surface area contributed by atoms with Gasteiger partial charge >= 0.3 is 24.4 Å². The minimum absolute atomic E-state index is 0.0740. The molecule has 1 fully saturated rings. The number of anilines is 2.